The number of aliphatic hydroxyl groups excluding tert-OH is 1. The minimum atomic E-state index is -1.12. The Balaban J connectivity index is 1.21. The molecule has 0 aliphatic heterocycles. The van der Waals surface area contributed by atoms with E-state index in [0.717, 1.165) is 44.2 Å². The van der Waals surface area contributed by atoms with Crippen LogP contribution >= 0.6 is 0 Å². The van der Waals surface area contributed by atoms with Gasteiger partial charge in [-0.25, -0.2) is 4.79 Å². The second-order valence-corrected chi connectivity index (χ2v) is 11.7. The quantitative estimate of drug-likeness (QED) is 0.500. The number of rotatable bonds is 6. The van der Waals surface area contributed by atoms with E-state index >= 15 is 0 Å². The van der Waals surface area contributed by atoms with E-state index in [1.807, 2.05) is 0 Å². The molecule has 1 aromatic rings. The monoisotopic (exact) mass is 494 g/mol. The molecule has 5 unspecified atom stereocenters. The van der Waals surface area contributed by atoms with Gasteiger partial charge in [-0.2, -0.15) is 0 Å². The van der Waals surface area contributed by atoms with Gasteiger partial charge >= 0.3 is 5.97 Å². The van der Waals surface area contributed by atoms with Crippen LogP contribution in [0.25, 0.3) is 0 Å². The number of nitrogens with one attached hydrogen (secondary N) is 1. The summed E-state index contributed by atoms with van der Waals surface area (Å²) in [7, 11) is 0. The van der Waals surface area contributed by atoms with E-state index in [-0.39, 0.29) is 23.5 Å². The summed E-state index contributed by atoms with van der Waals surface area (Å²) in [5, 5.41) is 26.9. The van der Waals surface area contributed by atoms with E-state index in [9.17, 15) is 19.8 Å². The van der Waals surface area contributed by atoms with Gasteiger partial charge in [0, 0.05) is 0 Å². The van der Waals surface area contributed by atoms with Crippen molar-refractivity contribution in [1.82, 2.24) is 5.32 Å². The largest absolute Gasteiger partial charge is 0.479 e. The van der Waals surface area contributed by atoms with Crippen LogP contribution in [-0.2, 0) is 14.4 Å². The van der Waals surface area contributed by atoms with Gasteiger partial charge in [0.2, 0.25) is 0 Å². The maximum atomic E-state index is 12.3. The first kappa shape index (κ1) is 25.0. The molecule has 3 N–H and O–H groups in total. The first-order valence-corrected chi connectivity index (χ1v) is 13.4. The third-order valence-electron chi connectivity index (χ3n) is 9.99. The van der Waals surface area contributed by atoms with Crippen LogP contribution in [0.15, 0.2) is 47.1 Å². The Morgan fingerprint density at radius 1 is 1.08 bits per heavy atom. The molecule has 3 fully saturated rings. The van der Waals surface area contributed by atoms with Crippen molar-refractivity contribution in [2.45, 2.75) is 77.4 Å². The summed E-state index contributed by atoms with van der Waals surface area (Å²) in [6, 6.07) is 7.48. The Labute approximate surface area is 213 Å². The molecule has 5 rings (SSSR count). The van der Waals surface area contributed by atoms with Crippen LogP contribution in [0.3, 0.4) is 0 Å². The van der Waals surface area contributed by atoms with Crippen LogP contribution in [0, 0.1) is 28.6 Å². The molecule has 0 aromatic heterocycles. The van der Waals surface area contributed by atoms with Crippen LogP contribution < -0.4 is 5.32 Å². The Morgan fingerprint density at radius 3 is 2.61 bits per heavy atom. The van der Waals surface area contributed by atoms with Crippen molar-refractivity contribution in [2.24, 2.45) is 33.7 Å². The molecule has 1 aromatic carbocycles. The fourth-order valence-electron chi connectivity index (χ4n) is 7.93. The standard InChI is InChI=1S/C29H38N2O5/c1-28-14-12-20(31-36-17-25(33)30-26(27(34)35)18-6-4-3-5-7-18)16-19(28)8-9-21-22-10-11-24(32)29(22,2)15-13-23(21)28/h3-7,16,21-24,26,32H,8-15,17H2,1-2H3,(H,30,33)(H,34,35)/b31-20-/t21?,22?,23?,24?,26?,28-,29-/m0/s1. The van der Waals surface area contributed by atoms with Crippen LogP contribution in [0.5, 0.6) is 0 Å². The van der Waals surface area contributed by atoms with E-state index in [2.05, 4.69) is 30.4 Å². The van der Waals surface area contributed by atoms with Gasteiger partial charge in [-0.05, 0) is 91.6 Å². The lowest BCUT2D eigenvalue weighted by Gasteiger charge is -2.57. The summed E-state index contributed by atoms with van der Waals surface area (Å²) in [5.74, 6) is 0.330. The smallest absolute Gasteiger partial charge is 0.330 e. The lowest BCUT2D eigenvalue weighted by Crippen LogP contribution is -2.51. The van der Waals surface area contributed by atoms with Crippen molar-refractivity contribution in [3.63, 3.8) is 0 Å². The molecule has 0 saturated heterocycles. The maximum absolute atomic E-state index is 12.3. The lowest BCUT2D eigenvalue weighted by atomic mass is 9.47. The zero-order chi connectivity index (χ0) is 25.5. The van der Waals surface area contributed by atoms with E-state index in [0.29, 0.717) is 23.3 Å². The summed E-state index contributed by atoms with van der Waals surface area (Å²) in [6.07, 6.45) is 10.5. The second-order valence-electron chi connectivity index (χ2n) is 11.7. The number of carboxylic acids is 1. The van der Waals surface area contributed by atoms with Crippen molar-refractivity contribution in [3.05, 3.63) is 47.5 Å². The summed E-state index contributed by atoms with van der Waals surface area (Å²) in [4.78, 5) is 29.3. The molecule has 0 radical (unpaired) electrons. The van der Waals surface area contributed by atoms with E-state index < -0.39 is 17.9 Å². The molecular weight excluding hydrogens is 456 g/mol. The Hall–Kier alpha value is -2.67. The predicted octanol–water partition coefficient (Wildman–Crippen LogP) is 4.62. The maximum Gasteiger partial charge on any atom is 0.330 e. The van der Waals surface area contributed by atoms with Crippen LogP contribution in [-0.4, -0.2) is 40.5 Å². The number of aliphatic carboxylic acids is 1. The van der Waals surface area contributed by atoms with Crippen LogP contribution in [0.2, 0.25) is 0 Å². The molecule has 0 heterocycles. The predicted molar refractivity (Wildman–Crippen MR) is 136 cm³/mol. The number of carbonyl (C=O) groups excluding carboxylic acids is 1. The minimum absolute atomic E-state index is 0.0919. The SMILES string of the molecule is C[C@]12CCC3C(CCC4=C/C(=N\OCC(=O)NC(C(=O)O)c5ccccc5)CC[C@@]43C)C1CCC2O. The Kier molecular flexibility index (Phi) is 6.70. The van der Waals surface area contributed by atoms with Crippen LogP contribution in [0.1, 0.15) is 76.8 Å². The number of hydrogen-bond acceptors (Lipinski definition) is 5. The Bertz CT molecular complexity index is 1070. The lowest BCUT2D eigenvalue weighted by molar-refractivity contribution is -0.142. The third kappa shape index (κ3) is 4.36. The minimum Gasteiger partial charge on any atom is -0.479 e. The number of amides is 1. The summed E-state index contributed by atoms with van der Waals surface area (Å²) < 4.78 is 0. The van der Waals surface area contributed by atoms with Gasteiger partial charge in [0.15, 0.2) is 12.6 Å². The van der Waals surface area contributed by atoms with E-state index in [1.54, 1.807) is 30.3 Å². The zero-order valence-electron chi connectivity index (χ0n) is 21.3. The normalized spacial score (nSPS) is 37.2. The number of carbonyl (C=O) groups is 2. The molecule has 3 saturated carbocycles. The molecule has 7 nitrogen and oxygen atoms in total. The number of carboxylic acid groups (broad SMARTS) is 1. The third-order valence-corrected chi connectivity index (χ3v) is 9.99. The molecule has 4 aliphatic rings. The van der Waals surface area contributed by atoms with Crippen molar-refractivity contribution < 1.29 is 24.6 Å². The second kappa shape index (κ2) is 9.66. The van der Waals surface area contributed by atoms with Gasteiger partial charge in [-0.1, -0.05) is 54.9 Å². The highest BCUT2D eigenvalue weighted by Crippen LogP contribution is 2.65. The highest BCUT2D eigenvalue weighted by Gasteiger charge is 2.58. The zero-order valence-corrected chi connectivity index (χ0v) is 21.3. The van der Waals surface area contributed by atoms with Gasteiger partial charge in [-0.15, -0.1) is 0 Å². The average molecular weight is 495 g/mol. The summed E-state index contributed by atoms with van der Waals surface area (Å²) >= 11 is 0. The number of hydrogen-bond donors (Lipinski definition) is 3. The van der Waals surface area contributed by atoms with Crippen LogP contribution in [0.4, 0.5) is 0 Å². The highest BCUT2D eigenvalue weighted by atomic mass is 16.6. The molecule has 0 spiro atoms. The average Bonchev–Trinajstić information content (AvgIpc) is 3.17. The number of oxime groups is 1. The highest BCUT2D eigenvalue weighted by molar-refractivity contribution is 5.96. The van der Waals surface area contributed by atoms with E-state index in [1.165, 1.54) is 18.4 Å². The summed E-state index contributed by atoms with van der Waals surface area (Å²) in [6.45, 7) is 4.41. The molecule has 7 atom stereocenters. The fourth-order valence-corrected chi connectivity index (χ4v) is 7.93. The number of nitrogens with zero attached hydrogens (tertiary/aromatic N) is 1. The molecular formula is C29H38N2O5. The van der Waals surface area contributed by atoms with Gasteiger partial charge in [-0.3, -0.25) is 4.79 Å². The molecule has 36 heavy (non-hydrogen) atoms. The number of benzene rings is 1. The van der Waals surface area contributed by atoms with Gasteiger partial charge in [0.05, 0.1) is 11.8 Å². The number of aliphatic hydroxyl groups is 1. The first-order valence-electron chi connectivity index (χ1n) is 13.4. The Morgan fingerprint density at radius 2 is 1.86 bits per heavy atom. The van der Waals surface area contributed by atoms with Gasteiger partial charge in [0.25, 0.3) is 5.91 Å². The number of fused-ring (bicyclic) bond motifs is 5. The van der Waals surface area contributed by atoms with Gasteiger partial charge in [0.1, 0.15) is 0 Å². The van der Waals surface area contributed by atoms with Gasteiger partial charge < -0.3 is 20.4 Å². The van der Waals surface area contributed by atoms with Crippen molar-refractivity contribution in [1.29, 1.82) is 0 Å². The first-order chi connectivity index (χ1) is 17.2. The van der Waals surface area contributed by atoms with E-state index in [4.69, 9.17) is 4.84 Å². The molecule has 1 amide bonds. The molecule has 4 aliphatic carbocycles. The summed E-state index contributed by atoms with van der Waals surface area (Å²) in [5.41, 5.74) is 3.06. The molecule has 0 bridgehead atoms. The number of allylic oxidation sites excluding steroid dienone is 2. The van der Waals surface area contributed by atoms with Crippen molar-refractivity contribution >= 4 is 17.6 Å². The molecule has 194 valence electrons. The molecule has 7 heteroatoms. The van der Waals surface area contributed by atoms with Crippen molar-refractivity contribution in [2.75, 3.05) is 6.61 Å². The van der Waals surface area contributed by atoms with Crippen molar-refractivity contribution in [3.8, 4) is 0 Å². The topological polar surface area (TPSA) is 108 Å². The fraction of sp³-hybridized carbons (Fsp3) is 0.621.